The third-order valence-corrected chi connectivity index (χ3v) is 11.4. The largest absolute Gasteiger partial charge is 0.384 e. The lowest BCUT2D eigenvalue weighted by Gasteiger charge is -2.32. The molecule has 0 bridgehead atoms. The first kappa shape index (κ1) is 88.4. The maximum absolute atomic E-state index is 5.79. The molecule has 0 spiro atoms. The molecule has 0 aliphatic rings. The summed E-state index contributed by atoms with van der Waals surface area (Å²) in [6, 6.07) is 0. The first-order valence-electron chi connectivity index (χ1n) is 28.2. The number of ether oxygens (including phenoxy) is 26. The fourth-order valence-electron chi connectivity index (χ4n) is 6.57. The molecule has 0 heterocycles. The molecule has 0 aliphatic carbocycles. The molecule has 0 N–H and O–H groups in total. The Hall–Kier alpha value is -1.04. The summed E-state index contributed by atoms with van der Waals surface area (Å²) in [6.07, 6.45) is -1.55. The van der Waals surface area contributed by atoms with Gasteiger partial charge in [-0.1, -0.05) is 7.43 Å². The zero-order valence-electron chi connectivity index (χ0n) is 53.7. The van der Waals surface area contributed by atoms with Crippen LogP contribution < -0.4 is 0 Å². The van der Waals surface area contributed by atoms with Crippen LogP contribution in [-0.4, -0.2) is 346 Å². The van der Waals surface area contributed by atoms with Crippen LogP contribution in [0.5, 0.6) is 0 Å². The molecule has 0 aromatic heterocycles. The van der Waals surface area contributed by atoms with E-state index in [0.29, 0.717) is 205 Å². The second-order valence-corrected chi connectivity index (χ2v) is 18.2. The Bertz CT molecular complexity index is 1100. The van der Waals surface area contributed by atoms with Crippen LogP contribution in [0.2, 0.25) is 0 Å². The Morgan fingerprint density at radius 3 is 0.663 bits per heavy atom. The monoisotopic (exact) mass is 1220 g/mol. The van der Waals surface area contributed by atoms with Crippen molar-refractivity contribution in [2.24, 2.45) is 5.41 Å². The molecule has 0 amide bonds. The Labute approximate surface area is 501 Å². The smallest absolute Gasteiger partial charge is 0.104 e. The molecule has 0 aromatic carbocycles. The number of methoxy groups -OCH3 is 13. The molecule has 0 saturated carbocycles. The molecule has 506 valence electrons. The van der Waals surface area contributed by atoms with Gasteiger partial charge >= 0.3 is 0 Å². The minimum Gasteiger partial charge on any atom is -0.384 e. The van der Waals surface area contributed by atoms with Gasteiger partial charge in [-0.3, -0.25) is 0 Å². The van der Waals surface area contributed by atoms with E-state index < -0.39 is 0 Å². The number of hydrogen-bond acceptors (Lipinski definition) is 26. The molecule has 83 heavy (non-hydrogen) atoms. The van der Waals surface area contributed by atoms with E-state index in [-0.39, 0.29) is 61.7 Å². The van der Waals surface area contributed by atoms with Crippen LogP contribution in [-0.2, 0) is 123 Å². The van der Waals surface area contributed by atoms with Crippen molar-refractivity contribution in [2.45, 2.75) is 77.0 Å². The average molecular weight is 1220 g/mol. The topological polar surface area (TPSA) is 240 Å². The zero-order valence-corrected chi connectivity index (χ0v) is 53.7. The molecule has 8 unspecified atom stereocenters. The summed E-state index contributed by atoms with van der Waals surface area (Å²) >= 11 is 0. The van der Waals surface area contributed by atoms with E-state index in [1.807, 2.05) is 20.8 Å². The van der Waals surface area contributed by atoms with E-state index in [1.54, 1.807) is 92.4 Å². The molecular formula is C57H122O26. The Morgan fingerprint density at radius 2 is 0.446 bits per heavy atom. The minimum absolute atomic E-state index is 0. The van der Waals surface area contributed by atoms with E-state index in [1.165, 1.54) is 0 Å². The SMILES string of the molecule is C.CCOCC(COC)(COCC)COCC.COCC(COCC(COCC(COCC(COCC(COCC(COC)OC)OC)OC)OC)OC)OC.COCCOCC(COCC(COCCOC)OCCOC)OCCOC. The van der Waals surface area contributed by atoms with E-state index in [4.69, 9.17) is 123 Å². The molecule has 0 fully saturated rings. The average Bonchev–Trinajstić information content (AvgIpc) is 3.51. The summed E-state index contributed by atoms with van der Waals surface area (Å²) in [4.78, 5) is 0. The molecular weight excluding hydrogens is 1100 g/mol. The van der Waals surface area contributed by atoms with Crippen molar-refractivity contribution in [3.63, 3.8) is 0 Å². The van der Waals surface area contributed by atoms with Gasteiger partial charge in [0.1, 0.15) is 48.8 Å². The van der Waals surface area contributed by atoms with Crippen LogP contribution in [0.3, 0.4) is 0 Å². The maximum Gasteiger partial charge on any atom is 0.104 e. The van der Waals surface area contributed by atoms with Crippen molar-refractivity contribution < 1.29 is 123 Å². The Kier molecular flexibility index (Phi) is 74.6. The van der Waals surface area contributed by atoms with Gasteiger partial charge in [-0.25, -0.2) is 0 Å². The van der Waals surface area contributed by atoms with Gasteiger partial charge in [0.2, 0.25) is 0 Å². The maximum atomic E-state index is 5.79. The summed E-state index contributed by atoms with van der Waals surface area (Å²) in [5.41, 5.74) is -0.184. The summed E-state index contributed by atoms with van der Waals surface area (Å²) in [5.74, 6) is 0. The number of hydrogen-bond donors (Lipinski definition) is 0. The highest BCUT2D eigenvalue weighted by molar-refractivity contribution is 4.79. The molecule has 0 radical (unpaired) electrons. The van der Waals surface area contributed by atoms with Crippen LogP contribution in [0.25, 0.3) is 0 Å². The minimum atomic E-state index is -0.245. The second kappa shape index (κ2) is 70.1. The highest BCUT2D eigenvalue weighted by Gasteiger charge is 2.32. The molecule has 0 saturated heterocycles. The molecule has 26 heteroatoms. The third kappa shape index (κ3) is 57.2. The van der Waals surface area contributed by atoms with Crippen molar-refractivity contribution in [3.8, 4) is 0 Å². The highest BCUT2D eigenvalue weighted by atomic mass is 16.6. The van der Waals surface area contributed by atoms with Crippen molar-refractivity contribution in [1.82, 2.24) is 0 Å². The fraction of sp³-hybridized carbons (Fsp3) is 1.00. The van der Waals surface area contributed by atoms with Gasteiger partial charge in [0, 0.05) is 112 Å². The van der Waals surface area contributed by atoms with Crippen LogP contribution in [0.1, 0.15) is 28.2 Å². The summed E-state index contributed by atoms with van der Waals surface area (Å²) in [5, 5.41) is 0. The van der Waals surface area contributed by atoms with E-state index in [9.17, 15) is 0 Å². The summed E-state index contributed by atoms with van der Waals surface area (Å²) < 4.78 is 141. The quantitative estimate of drug-likeness (QED) is 0.0795. The first-order chi connectivity index (χ1) is 40.0. The predicted octanol–water partition coefficient (Wildman–Crippen LogP) is 3.21. The van der Waals surface area contributed by atoms with Crippen LogP contribution in [0, 0.1) is 5.41 Å². The van der Waals surface area contributed by atoms with Crippen LogP contribution >= 0.6 is 0 Å². The first-order valence-corrected chi connectivity index (χ1v) is 28.2. The van der Waals surface area contributed by atoms with Gasteiger partial charge in [-0.05, 0) is 20.8 Å². The van der Waals surface area contributed by atoms with Gasteiger partial charge in [0.25, 0.3) is 0 Å². The second-order valence-electron chi connectivity index (χ2n) is 18.2. The van der Waals surface area contributed by atoms with E-state index >= 15 is 0 Å². The van der Waals surface area contributed by atoms with Crippen molar-refractivity contribution in [3.05, 3.63) is 0 Å². The van der Waals surface area contributed by atoms with Gasteiger partial charge in [-0.2, -0.15) is 0 Å². The molecule has 0 aliphatic heterocycles. The standard InChI is InChI=1S/C26H54O13.C18H38O9.C12H26O4.CH4/c1-27-9-21(29-3)11-35-13-23(31-5)15-37-17-25(33-7)19-39-20-26(34-8)18-38-16-24(32-6)14-36-12-22(30-4)10-28-2;1-19-5-9-23-13-17(26-11-7-21-3)15-25-16-18(27-12-8-22-4)14-24-10-6-20-2;1-5-14-9-12(8-13-4,10-15-6-2)11-16-7-3;/h21-26H,9-20H2,1-8H3;17-18H,5-16H2,1-4H3;5-11H2,1-4H3;1H4. The lowest BCUT2D eigenvalue weighted by molar-refractivity contribution is -0.106. The normalized spacial score (nSPS) is 14.6. The van der Waals surface area contributed by atoms with E-state index in [2.05, 4.69) is 0 Å². The predicted molar refractivity (Wildman–Crippen MR) is 313 cm³/mol. The van der Waals surface area contributed by atoms with Gasteiger partial charge in [-0.15, -0.1) is 0 Å². The number of rotatable bonds is 63. The lowest BCUT2D eigenvalue weighted by Crippen LogP contribution is -2.41. The van der Waals surface area contributed by atoms with Crippen LogP contribution in [0.4, 0.5) is 0 Å². The Morgan fingerprint density at radius 1 is 0.217 bits per heavy atom. The summed E-state index contributed by atoms with van der Waals surface area (Å²) in [7, 11) is 21.2. The third-order valence-electron chi connectivity index (χ3n) is 11.4. The van der Waals surface area contributed by atoms with Gasteiger partial charge < -0.3 is 123 Å². The summed E-state index contributed by atoms with van der Waals surface area (Å²) in [6.45, 7) is 20.8. The fourth-order valence-corrected chi connectivity index (χ4v) is 6.57. The molecule has 0 aromatic rings. The Balaban J connectivity index is -0.000000613. The highest BCUT2D eigenvalue weighted by Crippen LogP contribution is 2.20. The molecule has 26 nitrogen and oxygen atoms in total. The molecule has 0 rings (SSSR count). The molecule has 8 atom stereocenters. The van der Waals surface area contributed by atoms with Crippen molar-refractivity contribution in [2.75, 3.05) is 297 Å². The van der Waals surface area contributed by atoms with Crippen LogP contribution in [0.15, 0.2) is 0 Å². The van der Waals surface area contributed by atoms with Gasteiger partial charge in [0.15, 0.2) is 0 Å². The van der Waals surface area contributed by atoms with E-state index in [0.717, 1.165) is 0 Å². The van der Waals surface area contributed by atoms with Crippen molar-refractivity contribution >= 4 is 0 Å². The zero-order chi connectivity index (χ0) is 61.4. The lowest BCUT2D eigenvalue weighted by atomic mass is 9.92. The van der Waals surface area contributed by atoms with Gasteiger partial charge in [0.05, 0.1) is 190 Å². The van der Waals surface area contributed by atoms with Crippen molar-refractivity contribution in [1.29, 1.82) is 0 Å².